The normalized spacial score (nSPS) is 12.6. The molecule has 0 aromatic heterocycles. The highest BCUT2D eigenvalue weighted by Gasteiger charge is 2.10. The molecule has 0 bridgehead atoms. The molecule has 1 rings (SSSR count). The molecule has 1 aromatic rings. The van der Waals surface area contributed by atoms with E-state index in [-0.39, 0.29) is 5.82 Å². The summed E-state index contributed by atoms with van der Waals surface area (Å²) in [5.74, 6) is -0.174. The maximum atomic E-state index is 13.0. The Balaban J connectivity index is 2.37. The van der Waals surface area contributed by atoms with Crippen molar-refractivity contribution in [2.45, 2.75) is 57.9 Å². The highest BCUT2D eigenvalue weighted by molar-refractivity contribution is 5.19. The Kier molecular flexibility index (Phi) is 9.25. The lowest BCUT2D eigenvalue weighted by molar-refractivity contribution is 0.282. The lowest BCUT2D eigenvalue weighted by Crippen LogP contribution is -2.22. The van der Waals surface area contributed by atoms with Gasteiger partial charge >= 0.3 is 0 Å². The number of hydrogen-bond donors (Lipinski definition) is 2. The van der Waals surface area contributed by atoms with E-state index in [2.05, 4.69) is 12.2 Å². The summed E-state index contributed by atoms with van der Waals surface area (Å²) in [6, 6.07) is 7.17. The molecule has 1 atom stereocenters. The van der Waals surface area contributed by atoms with Gasteiger partial charge in [0.2, 0.25) is 0 Å². The summed E-state index contributed by atoms with van der Waals surface area (Å²) in [6.45, 7) is 3.47. The Bertz CT molecular complexity index is 339. The second-order valence-corrected chi connectivity index (χ2v) is 5.34. The van der Waals surface area contributed by atoms with Gasteiger partial charge in [0.25, 0.3) is 0 Å². The second-order valence-electron chi connectivity index (χ2n) is 5.34. The zero-order valence-electron chi connectivity index (χ0n) is 12.6. The number of unbranched alkanes of at least 4 members (excludes halogenated alkanes) is 4. The molecule has 20 heavy (non-hydrogen) atoms. The molecule has 114 valence electrons. The van der Waals surface area contributed by atoms with E-state index < -0.39 is 0 Å². The van der Waals surface area contributed by atoms with Gasteiger partial charge in [-0.2, -0.15) is 0 Å². The van der Waals surface area contributed by atoms with Crippen LogP contribution >= 0.6 is 0 Å². The van der Waals surface area contributed by atoms with Gasteiger partial charge in [0.1, 0.15) is 5.82 Å². The summed E-state index contributed by atoms with van der Waals surface area (Å²) in [7, 11) is 0. The van der Waals surface area contributed by atoms with Crippen LogP contribution in [-0.2, 0) is 0 Å². The lowest BCUT2D eigenvalue weighted by atomic mass is 10.0. The van der Waals surface area contributed by atoms with Gasteiger partial charge in [0.05, 0.1) is 0 Å². The van der Waals surface area contributed by atoms with Crippen LogP contribution in [0.2, 0.25) is 0 Å². The minimum Gasteiger partial charge on any atom is -0.396 e. The van der Waals surface area contributed by atoms with E-state index in [1.54, 1.807) is 0 Å². The quantitative estimate of drug-likeness (QED) is 0.596. The van der Waals surface area contributed by atoms with Crippen LogP contribution in [0.1, 0.15) is 63.5 Å². The van der Waals surface area contributed by atoms with Crippen LogP contribution in [0.25, 0.3) is 0 Å². The van der Waals surface area contributed by atoms with Crippen molar-refractivity contribution in [3.63, 3.8) is 0 Å². The average molecular weight is 281 g/mol. The minimum absolute atomic E-state index is 0.174. The van der Waals surface area contributed by atoms with E-state index >= 15 is 0 Å². The van der Waals surface area contributed by atoms with Gasteiger partial charge in [0.15, 0.2) is 0 Å². The van der Waals surface area contributed by atoms with Crippen molar-refractivity contribution < 1.29 is 9.50 Å². The van der Waals surface area contributed by atoms with E-state index in [0.717, 1.165) is 38.6 Å². The summed E-state index contributed by atoms with van der Waals surface area (Å²) in [5.41, 5.74) is 1.18. The Morgan fingerprint density at radius 3 is 2.40 bits per heavy atom. The van der Waals surface area contributed by atoms with Crippen molar-refractivity contribution in [1.29, 1.82) is 0 Å². The lowest BCUT2D eigenvalue weighted by Gasteiger charge is -2.19. The molecule has 1 aromatic carbocycles. The van der Waals surface area contributed by atoms with Crippen LogP contribution in [0, 0.1) is 5.82 Å². The number of rotatable bonds is 11. The number of aliphatic hydroxyl groups is 1. The third-order valence-corrected chi connectivity index (χ3v) is 3.59. The van der Waals surface area contributed by atoms with Crippen LogP contribution in [0.5, 0.6) is 0 Å². The van der Waals surface area contributed by atoms with Crippen molar-refractivity contribution in [3.8, 4) is 0 Å². The Morgan fingerprint density at radius 1 is 1.05 bits per heavy atom. The maximum absolute atomic E-state index is 13.0. The third kappa shape index (κ3) is 7.01. The summed E-state index contributed by atoms with van der Waals surface area (Å²) in [6.07, 6.45) is 7.72. The fourth-order valence-electron chi connectivity index (χ4n) is 2.36. The molecule has 1 unspecified atom stereocenters. The molecule has 0 spiro atoms. The van der Waals surface area contributed by atoms with Crippen molar-refractivity contribution in [3.05, 3.63) is 35.6 Å². The van der Waals surface area contributed by atoms with Gasteiger partial charge < -0.3 is 10.4 Å². The molecule has 2 nitrogen and oxygen atoms in total. The first-order valence-corrected chi connectivity index (χ1v) is 7.87. The number of hydrogen-bond acceptors (Lipinski definition) is 2. The molecule has 0 aliphatic carbocycles. The molecule has 0 aliphatic rings. The van der Waals surface area contributed by atoms with Crippen molar-refractivity contribution in [2.75, 3.05) is 13.2 Å². The van der Waals surface area contributed by atoms with Crippen LogP contribution in [0.3, 0.4) is 0 Å². The number of benzene rings is 1. The molecule has 0 heterocycles. The van der Waals surface area contributed by atoms with Crippen molar-refractivity contribution in [2.24, 2.45) is 0 Å². The summed E-state index contributed by atoms with van der Waals surface area (Å²) >= 11 is 0. The smallest absolute Gasteiger partial charge is 0.123 e. The first-order chi connectivity index (χ1) is 9.77. The Morgan fingerprint density at radius 2 is 1.75 bits per heavy atom. The first-order valence-electron chi connectivity index (χ1n) is 7.87. The topological polar surface area (TPSA) is 32.3 Å². The number of aliphatic hydroxyl groups excluding tert-OH is 1. The van der Waals surface area contributed by atoms with E-state index in [4.69, 9.17) is 5.11 Å². The Hall–Kier alpha value is -0.930. The predicted molar refractivity (Wildman–Crippen MR) is 82.2 cm³/mol. The molecule has 0 amide bonds. The largest absolute Gasteiger partial charge is 0.396 e. The van der Waals surface area contributed by atoms with E-state index in [1.165, 1.54) is 30.5 Å². The predicted octanol–water partition coefficient (Wildman–Crippen LogP) is 4.20. The van der Waals surface area contributed by atoms with Gasteiger partial charge in [-0.05, 0) is 43.5 Å². The fourth-order valence-corrected chi connectivity index (χ4v) is 2.36. The molecule has 2 N–H and O–H groups in total. The minimum atomic E-state index is -0.174. The maximum Gasteiger partial charge on any atom is 0.123 e. The van der Waals surface area contributed by atoms with Gasteiger partial charge in [-0.25, -0.2) is 4.39 Å². The molecular formula is C17H28FNO. The molecule has 0 saturated heterocycles. The van der Waals surface area contributed by atoms with Gasteiger partial charge in [-0.1, -0.05) is 44.7 Å². The summed E-state index contributed by atoms with van der Waals surface area (Å²) in [4.78, 5) is 0. The number of nitrogens with one attached hydrogen (secondary N) is 1. The standard InChI is InChI=1S/C17H28FNO/c1-2-3-8-17(15-9-11-16(18)12-10-15)19-13-6-4-5-7-14-20/h9-12,17,19-20H,2-8,13-14H2,1H3. The number of halogens is 1. The van der Waals surface area contributed by atoms with E-state index in [9.17, 15) is 4.39 Å². The van der Waals surface area contributed by atoms with Crippen LogP contribution in [0.15, 0.2) is 24.3 Å². The van der Waals surface area contributed by atoms with Crippen LogP contribution in [-0.4, -0.2) is 18.3 Å². The zero-order chi connectivity index (χ0) is 14.6. The highest BCUT2D eigenvalue weighted by Crippen LogP contribution is 2.20. The summed E-state index contributed by atoms with van der Waals surface area (Å²) < 4.78 is 13.0. The molecule has 0 fully saturated rings. The van der Waals surface area contributed by atoms with Crippen LogP contribution in [0.4, 0.5) is 4.39 Å². The van der Waals surface area contributed by atoms with Gasteiger partial charge in [-0.3, -0.25) is 0 Å². The van der Waals surface area contributed by atoms with Crippen LogP contribution < -0.4 is 5.32 Å². The first kappa shape index (κ1) is 17.1. The third-order valence-electron chi connectivity index (χ3n) is 3.59. The van der Waals surface area contributed by atoms with E-state index in [1.807, 2.05) is 12.1 Å². The average Bonchev–Trinajstić information content (AvgIpc) is 2.47. The Labute approximate surface area is 122 Å². The zero-order valence-corrected chi connectivity index (χ0v) is 12.6. The molecule has 0 saturated carbocycles. The molecule has 0 aliphatic heterocycles. The monoisotopic (exact) mass is 281 g/mol. The van der Waals surface area contributed by atoms with Crippen molar-refractivity contribution >= 4 is 0 Å². The molecule has 0 radical (unpaired) electrons. The fraction of sp³-hybridized carbons (Fsp3) is 0.647. The van der Waals surface area contributed by atoms with Gasteiger partial charge in [0, 0.05) is 12.6 Å². The van der Waals surface area contributed by atoms with Crippen molar-refractivity contribution in [1.82, 2.24) is 5.32 Å². The van der Waals surface area contributed by atoms with Gasteiger partial charge in [-0.15, -0.1) is 0 Å². The van der Waals surface area contributed by atoms with E-state index in [0.29, 0.717) is 12.6 Å². The summed E-state index contributed by atoms with van der Waals surface area (Å²) in [5, 5.41) is 12.3. The molecule has 3 heteroatoms. The molecular weight excluding hydrogens is 253 g/mol. The highest BCUT2D eigenvalue weighted by atomic mass is 19.1. The second kappa shape index (κ2) is 10.8. The SMILES string of the molecule is CCCCC(NCCCCCCO)c1ccc(F)cc1.